The molecule has 0 aliphatic carbocycles. The molecule has 0 radical (unpaired) electrons. The fourth-order valence-electron chi connectivity index (χ4n) is 3.09. The second-order valence-corrected chi connectivity index (χ2v) is 7.54. The highest BCUT2D eigenvalue weighted by molar-refractivity contribution is 7.09. The lowest BCUT2D eigenvalue weighted by atomic mass is 10.2. The van der Waals surface area contributed by atoms with Crippen LogP contribution in [0, 0.1) is 6.92 Å². The molecule has 146 valence electrons. The van der Waals surface area contributed by atoms with Gasteiger partial charge in [0, 0.05) is 62.7 Å². The van der Waals surface area contributed by atoms with Gasteiger partial charge in [0.15, 0.2) is 5.96 Å². The number of hydrogen-bond acceptors (Lipinski definition) is 6. The number of anilines is 1. The molecule has 1 aliphatic heterocycles. The van der Waals surface area contributed by atoms with Gasteiger partial charge in [-0.2, -0.15) is 0 Å². The van der Waals surface area contributed by atoms with Crippen LogP contribution >= 0.6 is 11.3 Å². The quantitative estimate of drug-likeness (QED) is 0.447. The number of unbranched alkanes of at least 4 members (excludes halogenated alkanes) is 1. The maximum Gasteiger partial charge on any atom is 0.225 e. The Hall–Kier alpha value is -2.22. The van der Waals surface area contributed by atoms with Crippen LogP contribution < -0.4 is 10.2 Å². The van der Waals surface area contributed by atoms with Gasteiger partial charge in [0.1, 0.15) is 0 Å². The molecule has 0 unspecified atom stereocenters. The van der Waals surface area contributed by atoms with E-state index in [2.05, 4.69) is 49.3 Å². The Morgan fingerprint density at radius 1 is 1.19 bits per heavy atom. The zero-order valence-corrected chi connectivity index (χ0v) is 17.1. The van der Waals surface area contributed by atoms with Gasteiger partial charge >= 0.3 is 0 Å². The molecular weight excluding hydrogens is 358 g/mol. The number of nitrogens with zero attached hydrogens (tertiary/aromatic N) is 6. The molecule has 1 fully saturated rings. The van der Waals surface area contributed by atoms with Gasteiger partial charge in [-0.3, -0.25) is 4.99 Å². The van der Waals surface area contributed by atoms with Crippen molar-refractivity contribution < 1.29 is 0 Å². The highest BCUT2D eigenvalue weighted by atomic mass is 32.1. The first-order valence-corrected chi connectivity index (χ1v) is 10.6. The Kier molecular flexibility index (Phi) is 7.38. The highest BCUT2D eigenvalue weighted by Crippen LogP contribution is 2.12. The zero-order valence-electron chi connectivity index (χ0n) is 16.3. The first-order chi connectivity index (χ1) is 13.3. The molecule has 0 spiro atoms. The van der Waals surface area contributed by atoms with Crippen LogP contribution in [0.1, 0.15) is 30.5 Å². The van der Waals surface area contributed by atoms with Gasteiger partial charge in [0.25, 0.3) is 0 Å². The summed E-state index contributed by atoms with van der Waals surface area (Å²) >= 11 is 1.76. The molecule has 27 heavy (non-hydrogen) atoms. The van der Waals surface area contributed by atoms with Gasteiger partial charge in [-0.15, -0.1) is 11.3 Å². The molecule has 3 heterocycles. The fraction of sp³-hybridized carbons (Fsp3) is 0.579. The van der Waals surface area contributed by atoms with E-state index in [1.807, 2.05) is 6.07 Å². The van der Waals surface area contributed by atoms with Crippen LogP contribution in [-0.2, 0) is 6.42 Å². The van der Waals surface area contributed by atoms with E-state index in [0.717, 1.165) is 76.1 Å². The van der Waals surface area contributed by atoms with E-state index < -0.39 is 0 Å². The molecule has 3 rings (SSSR count). The summed E-state index contributed by atoms with van der Waals surface area (Å²) in [6.07, 6.45) is 6.88. The number of aromatic nitrogens is 3. The summed E-state index contributed by atoms with van der Waals surface area (Å²) < 4.78 is 0. The average molecular weight is 388 g/mol. The van der Waals surface area contributed by atoms with E-state index in [-0.39, 0.29) is 0 Å². The summed E-state index contributed by atoms with van der Waals surface area (Å²) in [4.78, 5) is 22.6. The lowest BCUT2D eigenvalue weighted by Gasteiger charge is -2.36. The molecule has 0 saturated carbocycles. The van der Waals surface area contributed by atoms with Crippen molar-refractivity contribution in [2.45, 2.75) is 33.1 Å². The van der Waals surface area contributed by atoms with Crippen molar-refractivity contribution in [1.29, 1.82) is 0 Å². The molecular formula is C19H29N7S. The number of thiazole rings is 1. The Morgan fingerprint density at radius 2 is 1.96 bits per heavy atom. The lowest BCUT2D eigenvalue weighted by molar-refractivity contribution is 0.370. The zero-order chi connectivity index (χ0) is 18.9. The van der Waals surface area contributed by atoms with Gasteiger partial charge in [0.2, 0.25) is 5.95 Å². The second-order valence-electron chi connectivity index (χ2n) is 6.60. The number of hydrogen-bond donors (Lipinski definition) is 1. The molecule has 2 aromatic heterocycles. The molecule has 1 saturated heterocycles. The maximum atomic E-state index is 4.84. The third-order valence-corrected chi connectivity index (χ3v) is 5.50. The smallest absolute Gasteiger partial charge is 0.225 e. The average Bonchev–Trinajstić information content (AvgIpc) is 3.13. The maximum absolute atomic E-state index is 4.84. The molecule has 0 bridgehead atoms. The van der Waals surface area contributed by atoms with Gasteiger partial charge < -0.3 is 15.1 Å². The monoisotopic (exact) mass is 387 g/mol. The van der Waals surface area contributed by atoms with Gasteiger partial charge in [-0.1, -0.05) is 0 Å². The van der Waals surface area contributed by atoms with Crippen molar-refractivity contribution in [3.8, 4) is 0 Å². The molecule has 8 heteroatoms. The van der Waals surface area contributed by atoms with Gasteiger partial charge in [-0.25, -0.2) is 15.0 Å². The van der Waals surface area contributed by atoms with E-state index in [1.165, 1.54) is 5.01 Å². The van der Waals surface area contributed by atoms with Crippen molar-refractivity contribution in [1.82, 2.24) is 25.2 Å². The molecule has 0 atom stereocenters. The van der Waals surface area contributed by atoms with Crippen LogP contribution in [-0.4, -0.2) is 65.1 Å². The first-order valence-electron chi connectivity index (χ1n) is 9.72. The Balaban J connectivity index is 1.44. The summed E-state index contributed by atoms with van der Waals surface area (Å²) in [5, 5.41) is 6.80. The number of guanidine groups is 1. The molecule has 7 nitrogen and oxygen atoms in total. The number of rotatable bonds is 7. The molecule has 1 aliphatic rings. The molecule has 0 aromatic carbocycles. The summed E-state index contributed by atoms with van der Waals surface area (Å²) in [6.45, 7) is 9.61. The largest absolute Gasteiger partial charge is 0.357 e. The van der Waals surface area contributed by atoms with Crippen LogP contribution in [0.15, 0.2) is 28.8 Å². The van der Waals surface area contributed by atoms with Crippen molar-refractivity contribution in [2.24, 2.45) is 4.99 Å². The minimum Gasteiger partial charge on any atom is -0.357 e. The number of aliphatic imine (C=N–C) groups is 1. The molecule has 2 aromatic rings. The van der Waals surface area contributed by atoms with Gasteiger partial charge in [0.05, 0.1) is 5.01 Å². The Labute approximate surface area is 165 Å². The Morgan fingerprint density at radius 3 is 2.63 bits per heavy atom. The molecule has 0 amide bonds. The fourth-order valence-corrected chi connectivity index (χ4v) is 3.91. The van der Waals surface area contributed by atoms with E-state index in [1.54, 1.807) is 23.7 Å². The normalized spacial score (nSPS) is 15.3. The highest BCUT2D eigenvalue weighted by Gasteiger charge is 2.20. The van der Waals surface area contributed by atoms with Crippen LogP contribution in [0.3, 0.4) is 0 Å². The van der Waals surface area contributed by atoms with E-state index in [4.69, 9.17) is 4.99 Å². The van der Waals surface area contributed by atoms with Crippen molar-refractivity contribution in [2.75, 3.05) is 44.2 Å². The van der Waals surface area contributed by atoms with Crippen LogP contribution in [0.5, 0.6) is 0 Å². The van der Waals surface area contributed by atoms with Crippen LogP contribution in [0.25, 0.3) is 0 Å². The lowest BCUT2D eigenvalue weighted by Crippen LogP contribution is -2.53. The summed E-state index contributed by atoms with van der Waals surface area (Å²) in [5.41, 5.74) is 1.13. The van der Waals surface area contributed by atoms with Crippen molar-refractivity contribution in [3.63, 3.8) is 0 Å². The first kappa shape index (κ1) is 19.5. The number of piperazine rings is 1. The van der Waals surface area contributed by atoms with Crippen molar-refractivity contribution in [3.05, 3.63) is 34.5 Å². The summed E-state index contributed by atoms with van der Waals surface area (Å²) in [6, 6.07) is 1.85. The number of aryl methyl sites for hydroxylation is 2. The standard InChI is InChI=1S/C19H29N7S/c1-3-20-18(21-8-5-4-7-17-24-16(2)15-27-17)25-11-13-26(14-12-25)19-22-9-6-10-23-19/h6,9-10,15H,3-5,7-8,11-14H2,1-2H3,(H,20,21). The van der Waals surface area contributed by atoms with Crippen LogP contribution in [0.4, 0.5) is 5.95 Å². The minimum absolute atomic E-state index is 0.816. The predicted molar refractivity (Wildman–Crippen MR) is 112 cm³/mol. The topological polar surface area (TPSA) is 69.5 Å². The van der Waals surface area contributed by atoms with Crippen LogP contribution in [0.2, 0.25) is 0 Å². The summed E-state index contributed by atoms with van der Waals surface area (Å²) in [7, 11) is 0. The van der Waals surface area contributed by atoms with Gasteiger partial charge in [-0.05, 0) is 39.2 Å². The molecule has 1 N–H and O–H groups in total. The Bertz CT molecular complexity index is 708. The second kappa shape index (κ2) is 10.2. The SMILES string of the molecule is CCNC(=NCCCCc1nc(C)cs1)N1CCN(c2ncccn2)CC1. The number of nitrogens with one attached hydrogen (secondary N) is 1. The van der Waals surface area contributed by atoms with Crippen molar-refractivity contribution >= 4 is 23.2 Å². The predicted octanol–water partition coefficient (Wildman–Crippen LogP) is 2.35. The third-order valence-electron chi connectivity index (χ3n) is 4.48. The summed E-state index contributed by atoms with van der Waals surface area (Å²) in [5.74, 6) is 1.84. The van der Waals surface area contributed by atoms with E-state index in [9.17, 15) is 0 Å². The minimum atomic E-state index is 0.816. The van der Waals surface area contributed by atoms with E-state index >= 15 is 0 Å². The third kappa shape index (κ3) is 5.89. The van der Waals surface area contributed by atoms with E-state index in [0.29, 0.717) is 0 Å².